The lowest BCUT2D eigenvalue weighted by atomic mass is 9.93. The van der Waals surface area contributed by atoms with E-state index in [4.69, 9.17) is 18.8 Å². The van der Waals surface area contributed by atoms with Crippen LogP contribution in [0.2, 0.25) is 0 Å². The Bertz CT molecular complexity index is 4470. The maximum atomic E-state index is 6.26. The van der Waals surface area contributed by atoms with Crippen LogP contribution in [0.15, 0.2) is 276 Å². The highest BCUT2D eigenvalue weighted by Crippen LogP contribution is 2.50. The van der Waals surface area contributed by atoms with Gasteiger partial charge in [-0.1, -0.05) is 140 Å². The molecule has 0 amide bonds. The molecule has 3 aromatic heterocycles. The Kier molecular flexibility index (Phi) is 10.4. The Balaban J connectivity index is 0.944. The Morgan fingerprint density at radius 1 is 0.351 bits per heavy atom. The lowest BCUT2D eigenvalue weighted by molar-refractivity contribution is 0.619. The minimum atomic E-state index is 0.589. The molecule has 0 radical (unpaired) electrons. The fourth-order valence-corrected chi connectivity index (χ4v) is 11.2. The van der Waals surface area contributed by atoms with Gasteiger partial charge in [-0.25, -0.2) is 9.97 Å². The highest BCUT2D eigenvalue weighted by Gasteiger charge is 2.29. The molecule has 0 aliphatic carbocycles. The van der Waals surface area contributed by atoms with Gasteiger partial charge in [-0.3, -0.25) is 0 Å². The molecule has 77 heavy (non-hydrogen) atoms. The number of rotatable bonds is 10. The van der Waals surface area contributed by atoms with Gasteiger partial charge in [0.25, 0.3) is 0 Å². The van der Waals surface area contributed by atoms with Gasteiger partial charge in [0.1, 0.15) is 11.0 Å². The summed E-state index contributed by atoms with van der Waals surface area (Å²) in [6, 6.07) is 94.1. The van der Waals surface area contributed by atoms with E-state index in [1.165, 1.54) is 5.56 Å². The second kappa shape index (κ2) is 18.2. The third kappa shape index (κ3) is 7.59. The summed E-state index contributed by atoms with van der Waals surface area (Å²) in [4.78, 5) is 14.4. The van der Waals surface area contributed by atoms with Crippen molar-refractivity contribution in [2.24, 2.45) is 0 Å². The smallest absolute Gasteiger partial charge is 0.227 e. The van der Waals surface area contributed by atoms with Crippen molar-refractivity contribution in [1.29, 1.82) is 0 Å². The predicted molar refractivity (Wildman–Crippen MR) is 315 cm³/mol. The molecule has 0 atom stereocenters. The highest BCUT2D eigenvalue weighted by molar-refractivity contribution is 6.18. The summed E-state index contributed by atoms with van der Waals surface area (Å²) in [6.07, 6.45) is 2.41. The van der Waals surface area contributed by atoms with E-state index in [2.05, 4.69) is 239 Å². The first-order valence-electron chi connectivity index (χ1n) is 25.9. The number of aromatic nitrogens is 3. The van der Waals surface area contributed by atoms with Gasteiger partial charge in [0.05, 0.1) is 22.4 Å². The van der Waals surface area contributed by atoms with Crippen LogP contribution in [0.25, 0.3) is 95.4 Å². The molecule has 0 spiro atoms. The molecular weight excluding hydrogens is 943 g/mol. The molecule has 1 aliphatic heterocycles. The minimum absolute atomic E-state index is 0.589. The second-order valence-electron chi connectivity index (χ2n) is 19.4. The molecule has 0 bridgehead atoms. The van der Waals surface area contributed by atoms with Gasteiger partial charge < -0.3 is 23.2 Å². The first-order chi connectivity index (χ1) is 38.2. The van der Waals surface area contributed by atoms with Crippen LogP contribution in [-0.4, -0.2) is 14.5 Å². The van der Waals surface area contributed by atoms with Crippen LogP contribution >= 0.6 is 0 Å². The number of oxazole rings is 2. The summed E-state index contributed by atoms with van der Waals surface area (Å²) >= 11 is 0. The molecule has 1 aliphatic rings. The summed E-state index contributed by atoms with van der Waals surface area (Å²) < 4.78 is 15.0. The Morgan fingerprint density at radius 2 is 0.844 bits per heavy atom. The number of para-hydroxylation sites is 6. The van der Waals surface area contributed by atoms with Gasteiger partial charge in [0, 0.05) is 61.5 Å². The van der Waals surface area contributed by atoms with Crippen molar-refractivity contribution in [3.63, 3.8) is 0 Å². The lowest BCUT2D eigenvalue weighted by Crippen LogP contribution is -2.12. The van der Waals surface area contributed by atoms with Crippen molar-refractivity contribution < 1.29 is 8.83 Å². The van der Waals surface area contributed by atoms with E-state index in [9.17, 15) is 0 Å². The molecule has 15 rings (SSSR count). The Hall–Kier alpha value is -10.5. The SMILES string of the molecule is C1=C(c2ccccc2)c2cc(N(c3ccc(-c4ccccc4)cc3)c3ccc(-c4nc5ccccc5o4)cc3)cc3c4ccccc4n(c23)-c2cccc(N(c3ccccc3)c3ccc(-c4nc5ccccc5o4)cc3)c21. The van der Waals surface area contributed by atoms with Crippen LogP contribution in [0, 0.1) is 0 Å². The average molecular weight is 988 g/mol. The van der Waals surface area contributed by atoms with Crippen LogP contribution in [-0.2, 0) is 0 Å². The zero-order valence-electron chi connectivity index (χ0n) is 41.5. The van der Waals surface area contributed by atoms with Crippen LogP contribution in [0.1, 0.15) is 16.7 Å². The van der Waals surface area contributed by atoms with Crippen LogP contribution in [0.3, 0.4) is 0 Å². The van der Waals surface area contributed by atoms with Gasteiger partial charge >= 0.3 is 0 Å². The largest absolute Gasteiger partial charge is 0.436 e. The van der Waals surface area contributed by atoms with E-state index >= 15 is 0 Å². The fourth-order valence-electron chi connectivity index (χ4n) is 11.2. The number of benzene rings is 11. The molecular formula is C70H45N5O2. The normalized spacial score (nSPS) is 12.0. The molecule has 0 fully saturated rings. The van der Waals surface area contributed by atoms with Gasteiger partial charge in [-0.05, 0) is 156 Å². The average Bonchev–Trinajstić information content (AvgIpc) is 4.36. The van der Waals surface area contributed by atoms with E-state index < -0.39 is 0 Å². The van der Waals surface area contributed by atoms with Crippen LogP contribution < -0.4 is 9.80 Å². The summed E-state index contributed by atoms with van der Waals surface area (Å²) in [5.74, 6) is 1.18. The summed E-state index contributed by atoms with van der Waals surface area (Å²) in [7, 11) is 0. The number of fused-ring (bicyclic) bond motifs is 7. The summed E-state index contributed by atoms with van der Waals surface area (Å²) in [5, 5.41) is 2.31. The number of hydrogen-bond donors (Lipinski definition) is 0. The maximum absolute atomic E-state index is 6.26. The molecule has 11 aromatic carbocycles. The summed E-state index contributed by atoms with van der Waals surface area (Å²) in [5.41, 5.74) is 21.2. The van der Waals surface area contributed by atoms with E-state index in [0.717, 1.165) is 123 Å². The monoisotopic (exact) mass is 987 g/mol. The molecule has 7 heteroatoms. The van der Waals surface area contributed by atoms with Crippen molar-refractivity contribution in [2.45, 2.75) is 0 Å². The van der Waals surface area contributed by atoms with Crippen LogP contribution in [0.5, 0.6) is 0 Å². The Morgan fingerprint density at radius 3 is 1.45 bits per heavy atom. The number of anilines is 6. The van der Waals surface area contributed by atoms with E-state index in [0.29, 0.717) is 11.8 Å². The Labute approximate surface area is 444 Å². The maximum Gasteiger partial charge on any atom is 0.227 e. The quantitative estimate of drug-likeness (QED) is 0.136. The van der Waals surface area contributed by atoms with Crippen molar-refractivity contribution in [1.82, 2.24) is 14.5 Å². The van der Waals surface area contributed by atoms with Crippen LogP contribution in [0.4, 0.5) is 34.1 Å². The first kappa shape index (κ1) is 44.0. The van der Waals surface area contributed by atoms with E-state index in [-0.39, 0.29) is 0 Å². The molecule has 0 unspecified atom stereocenters. The van der Waals surface area contributed by atoms with Gasteiger partial charge in [-0.15, -0.1) is 0 Å². The molecule has 4 heterocycles. The molecule has 0 N–H and O–H groups in total. The summed E-state index contributed by atoms with van der Waals surface area (Å²) in [6.45, 7) is 0. The standard InChI is InChI=1S/C70H45N5O2/c1-4-17-46(18-5-1)47-31-37-52(38-32-47)73(53-39-33-49(34-40-53)69-71-61-24-11-14-29-66(61)76-69)55-43-58-56-23-10-13-26-63(56)75-65-28-16-27-64(60(65)45-57(59(44-55)68(58)75)48-19-6-2-7-20-48)74(51-21-8-3-9-22-51)54-41-35-50(36-42-54)70-72-62-25-12-15-30-67(62)77-70/h1-45H. The zero-order valence-corrected chi connectivity index (χ0v) is 41.5. The predicted octanol–water partition coefficient (Wildman–Crippen LogP) is 18.9. The molecule has 0 saturated heterocycles. The van der Waals surface area contributed by atoms with Gasteiger partial charge in [0.2, 0.25) is 11.8 Å². The second-order valence-corrected chi connectivity index (χ2v) is 19.4. The van der Waals surface area contributed by atoms with Crippen molar-refractivity contribution >= 4 is 89.8 Å². The van der Waals surface area contributed by atoms with Crippen molar-refractivity contribution in [3.8, 4) is 39.7 Å². The van der Waals surface area contributed by atoms with Gasteiger partial charge in [0.15, 0.2) is 11.2 Å². The topological polar surface area (TPSA) is 63.5 Å². The van der Waals surface area contributed by atoms with Gasteiger partial charge in [-0.2, -0.15) is 0 Å². The first-order valence-corrected chi connectivity index (χ1v) is 25.9. The molecule has 362 valence electrons. The lowest BCUT2D eigenvalue weighted by Gasteiger charge is -2.28. The third-order valence-corrected chi connectivity index (χ3v) is 14.8. The zero-order chi connectivity index (χ0) is 50.8. The minimum Gasteiger partial charge on any atom is -0.436 e. The number of nitrogens with zero attached hydrogens (tertiary/aromatic N) is 5. The van der Waals surface area contributed by atoms with E-state index in [1.54, 1.807) is 0 Å². The molecule has 7 nitrogen and oxygen atoms in total. The molecule has 0 saturated carbocycles. The van der Waals surface area contributed by atoms with E-state index in [1.807, 2.05) is 48.5 Å². The van der Waals surface area contributed by atoms with Crippen molar-refractivity contribution in [3.05, 3.63) is 284 Å². The molecule has 14 aromatic rings. The third-order valence-electron chi connectivity index (χ3n) is 14.8. The van der Waals surface area contributed by atoms with Crippen molar-refractivity contribution in [2.75, 3.05) is 9.80 Å². The number of hydrogen-bond acceptors (Lipinski definition) is 6. The highest BCUT2D eigenvalue weighted by atomic mass is 16.4. The fraction of sp³-hybridized carbons (Fsp3) is 0.